The van der Waals surface area contributed by atoms with Crippen molar-refractivity contribution in [2.45, 2.75) is 33.6 Å². The zero-order valence-electron chi connectivity index (χ0n) is 16.4. The SMILES string of the molecule is CC(C)(C)C(=O)N1CCN(C(=O)C2CCN(C(=O)c3ccoc3)CC2)CC1. The molecule has 1 aromatic rings. The first-order valence-electron chi connectivity index (χ1n) is 9.67. The predicted octanol–water partition coefficient (Wildman–Crippen LogP) is 1.85. The second kappa shape index (κ2) is 7.74. The summed E-state index contributed by atoms with van der Waals surface area (Å²) in [7, 11) is 0. The van der Waals surface area contributed by atoms with E-state index in [-0.39, 0.29) is 29.1 Å². The van der Waals surface area contributed by atoms with E-state index in [1.165, 1.54) is 12.5 Å². The summed E-state index contributed by atoms with van der Waals surface area (Å²) in [4.78, 5) is 43.1. The first-order valence-corrected chi connectivity index (χ1v) is 9.67. The standard InChI is InChI=1S/C20H29N3O4/c1-20(2,3)19(26)23-11-9-22(10-12-23)17(24)15-4-7-21(8-5-15)18(25)16-6-13-27-14-16/h6,13-15H,4-5,7-12H2,1-3H3. The van der Waals surface area contributed by atoms with E-state index in [4.69, 9.17) is 4.42 Å². The monoisotopic (exact) mass is 375 g/mol. The summed E-state index contributed by atoms with van der Waals surface area (Å²) >= 11 is 0. The van der Waals surface area contributed by atoms with Crippen LogP contribution in [0.25, 0.3) is 0 Å². The van der Waals surface area contributed by atoms with Gasteiger partial charge in [-0.15, -0.1) is 0 Å². The number of hydrogen-bond donors (Lipinski definition) is 0. The van der Waals surface area contributed by atoms with E-state index in [1.54, 1.807) is 11.0 Å². The lowest BCUT2D eigenvalue weighted by molar-refractivity contribution is -0.146. The quantitative estimate of drug-likeness (QED) is 0.791. The lowest BCUT2D eigenvalue weighted by atomic mass is 9.93. The van der Waals surface area contributed by atoms with Gasteiger partial charge in [-0.2, -0.15) is 0 Å². The molecule has 0 N–H and O–H groups in total. The third-order valence-electron chi connectivity index (χ3n) is 5.42. The molecule has 0 aliphatic carbocycles. The minimum Gasteiger partial charge on any atom is -0.472 e. The molecular weight excluding hydrogens is 346 g/mol. The van der Waals surface area contributed by atoms with Gasteiger partial charge in [-0.1, -0.05) is 20.8 Å². The van der Waals surface area contributed by atoms with E-state index in [9.17, 15) is 14.4 Å². The van der Waals surface area contributed by atoms with Crippen LogP contribution in [0.2, 0.25) is 0 Å². The molecule has 2 fully saturated rings. The number of hydrogen-bond acceptors (Lipinski definition) is 4. The van der Waals surface area contributed by atoms with Crippen LogP contribution in [-0.4, -0.2) is 71.7 Å². The fourth-order valence-corrected chi connectivity index (χ4v) is 3.76. The van der Waals surface area contributed by atoms with Crippen LogP contribution in [0.4, 0.5) is 0 Å². The molecule has 1 aromatic heterocycles. The third-order valence-corrected chi connectivity index (χ3v) is 5.42. The van der Waals surface area contributed by atoms with Crippen molar-refractivity contribution in [3.63, 3.8) is 0 Å². The molecule has 27 heavy (non-hydrogen) atoms. The van der Waals surface area contributed by atoms with Crippen LogP contribution in [0, 0.1) is 11.3 Å². The van der Waals surface area contributed by atoms with Gasteiger partial charge in [0.25, 0.3) is 5.91 Å². The van der Waals surface area contributed by atoms with Crippen molar-refractivity contribution in [2.75, 3.05) is 39.3 Å². The van der Waals surface area contributed by atoms with Crippen molar-refractivity contribution in [1.29, 1.82) is 0 Å². The third kappa shape index (κ3) is 4.34. The zero-order chi connectivity index (χ0) is 19.6. The number of nitrogens with zero attached hydrogens (tertiary/aromatic N) is 3. The molecule has 0 unspecified atom stereocenters. The minimum absolute atomic E-state index is 0.0380. The summed E-state index contributed by atoms with van der Waals surface area (Å²) in [6.45, 7) is 9.32. The van der Waals surface area contributed by atoms with Gasteiger partial charge in [-0.3, -0.25) is 14.4 Å². The normalized spacial score (nSPS) is 19.3. The highest BCUT2D eigenvalue weighted by Crippen LogP contribution is 2.23. The Morgan fingerprint density at radius 3 is 2.04 bits per heavy atom. The van der Waals surface area contributed by atoms with E-state index >= 15 is 0 Å². The average molecular weight is 375 g/mol. The first-order chi connectivity index (χ1) is 12.8. The molecule has 0 bridgehead atoms. The van der Waals surface area contributed by atoms with Crippen LogP contribution in [0.1, 0.15) is 44.0 Å². The van der Waals surface area contributed by atoms with Gasteiger partial charge in [0, 0.05) is 50.6 Å². The van der Waals surface area contributed by atoms with Crippen molar-refractivity contribution in [1.82, 2.24) is 14.7 Å². The smallest absolute Gasteiger partial charge is 0.257 e. The zero-order valence-corrected chi connectivity index (χ0v) is 16.4. The molecule has 2 saturated heterocycles. The Hall–Kier alpha value is -2.31. The van der Waals surface area contributed by atoms with Gasteiger partial charge in [0.2, 0.25) is 11.8 Å². The molecule has 0 aromatic carbocycles. The molecule has 0 radical (unpaired) electrons. The number of carbonyl (C=O) groups excluding carboxylic acids is 3. The average Bonchev–Trinajstić information content (AvgIpc) is 3.20. The van der Waals surface area contributed by atoms with Gasteiger partial charge in [-0.25, -0.2) is 0 Å². The van der Waals surface area contributed by atoms with Gasteiger partial charge >= 0.3 is 0 Å². The summed E-state index contributed by atoms with van der Waals surface area (Å²) in [5.41, 5.74) is 0.167. The molecule has 3 heterocycles. The summed E-state index contributed by atoms with van der Waals surface area (Å²) in [6.07, 6.45) is 4.32. The van der Waals surface area contributed by atoms with E-state index < -0.39 is 0 Å². The van der Waals surface area contributed by atoms with Crippen molar-refractivity contribution in [3.05, 3.63) is 24.2 Å². The summed E-state index contributed by atoms with van der Waals surface area (Å²) in [5, 5.41) is 0. The van der Waals surface area contributed by atoms with Gasteiger partial charge < -0.3 is 19.1 Å². The van der Waals surface area contributed by atoms with Gasteiger partial charge in [-0.05, 0) is 18.9 Å². The van der Waals surface area contributed by atoms with E-state index in [0.717, 1.165) is 0 Å². The van der Waals surface area contributed by atoms with Gasteiger partial charge in [0.05, 0.1) is 11.8 Å². The van der Waals surface area contributed by atoms with E-state index in [1.807, 2.05) is 30.6 Å². The Morgan fingerprint density at radius 1 is 0.926 bits per heavy atom. The maximum atomic E-state index is 12.8. The number of rotatable bonds is 2. The molecule has 0 atom stereocenters. The van der Waals surface area contributed by atoms with Crippen molar-refractivity contribution in [2.24, 2.45) is 11.3 Å². The minimum atomic E-state index is -0.388. The Balaban J connectivity index is 1.48. The lowest BCUT2D eigenvalue weighted by Crippen LogP contribution is -2.54. The summed E-state index contributed by atoms with van der Waals surface area (Å²) in [5.74, 6) is 0.223. The molecule has 3 rings (SSSR count). The van der Waals surface area contributed by atoms with Crippen molar-refractivity contribution >= 4 is 17.7 Å². The fourth-order valence-electron chi connectivity index (χ4n) is 3.76. The maximum absolute atomic E-state index is 12.8. The Labute approximate surface area is 160 Å². The highest BCUT2D eigenvalue weighted by molar-refractivity contribution is 5.94. The number of piperidine rings is 1. The largest absolute Gasteiger partial charge is 0.472 e. The summed E-state index contributed by atoms with van der Waals surface area (Å²) < 4.78 is 4.98. The topological polar surface area (TPSA) is 74.1 Å². The molecule has 0 spiro atoms. The van der Waals surface area contributed by atoms with Crippen LogP contribution in [0.5, 0.6) is 0 Å². The second-order valence-electron chi connectivity index (χ2n) is 8.45. The van der Waals surface area contributed by atoms with Gasteiger partial charge in [0.1, 0.15) is 6.26 Å². The summed E-state index contributed by atoms with van der Waals surface area (Å²) in [6, 6.07) is 1.66. The number of furan rings is 1. The Bertz CT molecular complexity index is 677. The van der Waals surface area contributed by atoms with Crippen LogP contribution < -0.4 is 0 Å². The molecule has 2 aliphatic rings. The molecule has 2 aliphatic heterocycles. The molecule has 7 nitrogen and oxygen atoms in total. The van der Waals surface area contributed by atoms with Crippen LogP contribution in [0.3, 0.4) is 0 Å². The van der Waals surface area contributed by atoms with E-state index in [2.05, 4.69) is 0 Å². The molecule has 7 heteroatoms. The molecule has 0 saturated carbocycles. The predicted molar refractivity (Wildman–Crippen MR) is 100.0 cm³/mol. The second-order valence-corrected chi connectivity index (χ2v) is 8.45. The molecule has 148 valence electrons. The maximum Gasteiger partial charge on any atom is 0.257 e. The number of piperazine rings is 1. The molecular formula is C20H29N3O4. The van der Waals surface area contributed by atoms with Crippen LogP contribution in [0.15, 0.2) is 23.0 Å². The Kier molecular flexibility index (Phi) is 5.58. The Morgan fingerprint density at radius 2 is 1.52 bits per heavy atom. The van der Waals surface area contributed by atoms with Crippen LogP contribution in [-0.2, 0) is 9.59 Å². The number of amides is 3. The number of carbonyl (C=O) groups is 3. The van der Waals surface area contributed by atoms with Gasteiger partial charge in [0.15, 0.2) is 0 Å². The van der Waals surface area contributed by atoms with Crippen molar-refractivity contribution < 1.29 is 18.8 Å². The highest BCUT2D eigenvalue weighted by Gasteiger charge is 2.34. The van der Waals surface area contributed by atoms with Crippen molar-refractivity contribution in [3.8, 4) is 0 Å². The fraction of sp³-hybridized carbons (Fsp3) is 0.650. The first kappa shape index (κ1) is 19.5. The van der Waals surface area contributed by atoms with Crippen LogP contribution >= 0.6 is 0 Å². The van der Waals surface area contributed by atoms with E-state index in [0.29, 0.717) is 57.7 Å². The number of likely N-dealkylation sites (tertiary alicyclic amines) is 1. The lowest BCUT2D eigenvalue weighted by Gasteiger charge is -2.40. The molecule has 3 amide bonds. The highest BCUT2D eigenvalue weighted by atomic mass is 16.3.